The lowest BCUT2D eigenvalue weighted by atomic mass is 10.00. The molecule has 19 heavy (non-hydrogen) atoms. The Morgan fingerprint density at radius 3 is 2.63 bits per heavy atom. The minimum absolute atomic E-state index is 0.144. The van der Waals surface area contributed by atoms with E-state index in [0.29, 0.717) is 0 Å². The van der Waals surface area contributed by atoms with Gasteiger partial charge < -0.3 is 4.90 Å². The summed E-state index contributed by atoms with van der Waals surface area (Å²) < 4.78 is 0. The van der Waals surface area contributed by atoms with Gasteiger partial charge >= 0.3 is 0 Å². The first-order valence-electron chi connectivity index (χ1n) is 6.47. The summed E-state index contributed by atoms with van der Waals surface area (Å²) in [4.78, 5) is 14.7. The number of para-hydroxylation sites is 1. The lowest BCUT2D eigenvalue weighted by Crippen LogP contribution is -2.33. The van der Waals surface area contributed by atoms with Crippen molar-refractivity contribution in [2.24, 2.45) is 0 Å². The van der Waals surface area contributed by atoms with Crippen LogP contribution in [0.15, 0.2) is 48.5 Å². The molecule has 2 aliphatic heterocycles. The Balaban J connectivity index is 2.06. The number of rotatable bonds is 0. The molecule has 3 heteroatoms. The Bertz CT molecular complexity index is 667. The lowest BCUT2D eigenvalue weighted by Gasteiger charge is -2.22. The largest absolute Gasteiger partial charge is 0.307 e. The normalized spacial score (nSPS) is 20.5. The molecule has 2 nitrogen and oxygen atoms in total. The number of benzene rings is 2. The highest BCUT2D eigenvalue weighted by atomic mass is 32.2. The van der Waals surface area contributed by atoms with Crippen LogP contribution in [0.5, 0.6) is 0 Å². The van der Waals surface area contributed by atoms with E-state index < -0.39 is 0 Å². The Morgan fingerprint density at radius 2 is 1.74 bits per heavy atom. The summed E-state index contributed by atoms with van der Waals surface area (Å²) in [5, 5.41) is 0.281. The molecule has 0 aromatic heterocycles. The zero-order valence-electron chi connectivity index (χ0n) is 10.4. The van der Waals surface area contributed by atoms with Crippen molar-refractivity contribution in [3.8, 4) is 0 Å². The van der Waals surface area contributed by atoms with Crippen LogP contribution in [0, 0.1) is 0 Å². The Hall–Kier alpha value is -1.74. The van der Waals surface area contributed by atoms with Crippen LogP contribution in [0.1, 0.15) is 26.7 Å². The van der Waals surface area contributed by atoms with Gasteiger partial charge in [-0.1, -0.05) is 36.4 Å². The third-order valence-corrected chi connectivity index (χ3v) is 5.09. The molecule has 0 unspecified atom stereocenters. The molecule has 0 saturated heterocycles. The van der Waals surface area contributed by atoms with Crippen molar-refractivity contribution in [2.45, 2.75) is 5.25 Å². The standard InChI is InChI=1S/C16H13NOS/c18-16-12-6-2-1-5-11(12)15-13-7-3-4-8-14(13)17(16)9-10-19-15/h1-8,15H,9-10H2/t15-/m1/s1. The summed E-state index contributed by atoms with van der Waals surface area (Å²) in [5.41, 5.74) is 4.37. The fourth-order valence-electron chi connectivity index (χ4n) is 2.96. The average Bonchev–Trinajstić information content (AvgIpc) is 2.70. The van der Waals surface area contributed by atoms with Crippen molar-refractivity contribution in [3.05, 3.63) is 65.2 Å². The van der Waals surface area contributed by atoms with Crippen LogP contribution in [0.2, 0.25) is 0 Å². The highest BCUT2D eigenvalue weighted by Crippen LogP contribution is 2.46. The van der Waals surface area contributed by atoms with Crippen LogP contribution in [0.4, 0.5) is 5.69 Å². The second-order valence-corrected chi connectivity index (χ2v) is 6.07. The molecule has 0 aliphatic carbocycles. The summed E-state index contributed by atoms with van der Waals surface area (Å²) >= 11 is 1.93. The van der Waals surface area contributed by atoms with E-state index >= 15 is 0 Å². The fraction of sp³-hybridized carbons (Fsp3) is 0.188. The van der Waals surface area contributed by atoms with Gasteiger partial charge in [-0.3, -0.25) is 4.79 Å². The lowest BCUT2D eigenvalue weighted by molar-refractivity contribution is 0.0988. The highest BCUT2D eigenvalue weighted by Gasteiger charge is 2.34. The second-order valence-electron chi connectivity index (χ2n) is 4.85. The second kappa shape index (κ2) is 4.14. The Kier molecular flexibility index (Phi) is 2.42. The van der Waals surface area contributed by atoms with E-state index in [2.05, 4.69) is 24.3 Å². The first kappa shape index (κ1) is 11.1. The minimum Gasteiger partial charge on any atom is -0.307 e. The zero-order chi connectivity index (χ0) is 12.8. The van der Waals surface area contributed by atoms with E-state index in [1.54, 1.807) is 0 Å². The topological polar surface area (TPSA) is 20.3 Å². The van der Waals surface area contributed by atoms with Crippen LogP contribution in [-0.4, -0.2) is 18.2 Å². The van der Waals surface area contributed by atoms with Crippen molar-refractivity contribution in [3.63, 3.8) is 0 Å². The molecule has 0 N–H and O–H groups in total. The zero-order valence-corrected chi connectivity index (χ0v) is 11.2. The molecule has 0 saturated carbocycles. The maximum atomic E-state index is 12.7. The Morgan fingerprint density at radius 1 is 1.00 bits per heavy atom. The van der Waals surface area contributed by atoms with Gasteiger partial charge in [0.2, 0.25) is 0 Å². The Labute approximate surface area is 116 Å². The quantitative estimate of drug-likeness (QED) is 0.728. The van der Waals surface area contributed by atoms with Gasteiger partial charge in [0.1, 0.15) is 0 Å². The number of anilines is 1. The van der Waals surface area contributed by atoms with E-state index in [4.69, 9.17) is 0 Å². The van der Waals surface area contributed by atoms with E-state index in [-0.39, 0.29) is 11.2 Å². The number of carbonyl (C=O) groups excluding carboxylic acids is 1. The number of thioether (sulfide) groups is 1. The molecule has 0 fully saturated rings. The molecule has 2 aliphatic rings. The van der Waals surface area contributed by atoms with Gasteiger partial charge in [-0.2, -0.15) is 0 Å². The summed E-state index contributed by atoms with van der Waals surface area (Å²) in [6, 6.07) is 16.3. The predicted octanol–water partition coefficient (Wildman–Crippen LogP) is 3.48. The van der Waals surface area contributed by atoms with Gasteiger partial charge in [-0.15, -0.1) is 11.8 Å². The fourth-order valence-corrected chi connectivity index (χ4v) is 4.25. The van der Waals surface area contributed by atoms with Gasteiger partial charge in [-0.05, 0) is 23.3 Å². The molecule has 1 atom stereocenters. The summed E-state index contributed by atoms with van der Waals surface area (Å²) in [5.74, 6) is 1.13. The SMILES string of the molecule is O=C1c2ccccc2[C@H]2SCCN1c1ccccc12. The first-order valence-corrected chi connectivity index (χ1v) is 7.52. The molecule has 0 radical (unpaired) electrons. The van der Waals surface area contributed by atoms with Gasteiger partial charge in [-0.25, -0.2) is 0 Å². The summed E-state index contributed by atoms with van der Waals surface area (Å²) in [6.07, 6.45) is 0. The molecule has 94 valence electrons. The number of nitrogens with zero attached hydrogens (tertiary/aromatic N) is 1. The van der Waals surface area contributed by atoms with Crippen molar-refractivity contribution in [1.29, 1.82) is 0 Å². The molecule has 2 aromatic carbocycles. The van der Waals surface area contributed by atoms with Crippen molar-refractivity contribution in [2.75, 3.05) is 17.2 Å². The van der Waals surface area contributed by atoms with E-state index in [0.717, 1.165) is 29.1 Å². The average molecular weight is 267 g/mol. The van der Waals surface area contributed by atoms with E-state index in [1.165, 1.54) is 5.56 Å². The smallest absolute Gasteiger partial charge is 0.258 e. The summed E-state index contributed by atoms with van der Waals surface area (Å²) in [7, 11) is 0. The van der Waals surface area contributed by atoms with Gasteiger partial charge in [0.05, 0.1) is 5.25 Å². The van der Waals surface area contributed by atoms with Crippen molar-refractivity contribution in [1.82, 2.24) is 0 Å². The van der Waals surface area contributed by atoms with Crippen LogP contribution in [0.25, 0.3) is 0 Å². The third kappa shape index (κ3) is 1.55. The number of fused-ring (bicyclic) bond motifs is 2. The maximum Gasteiger partial charge on any atom is 0.258 e. The molecule has 2 aromatic rings. The monoisotopic (exact) mass is 267 g/mol. The van der Waals surface area contributed by atoms with Gasteiger partial charge in [0, 0.05) is 23.5 Å². The van der Waals surface area contributed by atoms with Crippen LogP contribution in [-0.2, 0) is 0 Å². The first-order chi connectivity index (χ1) is 9.36. The van der Waals surface area contributed by atoms with Gasteiger partial charge in [0.25, 0.3) is 5.91 Å². The third-order valence-electron chi connectivity index (χ3n) is 3.83. The number of carbonyl (C=O) groups is 1. The molecule has 0 spiro atoms. The predicted molar refractivity (Wildman–Crippen MR) is 78.9 cm³/mol. The number of hydrogen-bond acceptors (Lipinski definition) is 2. The molecular weight excluding hydrogens is 254 g/mol. The van der Waals surface area contributed by atoms with E-state index in [1.807, 2.05) is 40.9 Å². The van der Waals surface area contributed by atoms with Crippen LogP contribution >= 0.6 is 11.8 Å². The number of amides is 1. The van der Waals surface area contributed by atoms with Crippen molar-refractivity contribution >= 4 is 23.4 Å². The molecular formula is C16H13NOS. The molecule has 1 amide bonds. The maximum absolute atomic E-state index is 12.7. The molecule has 2 heterocycles. The van der Waals surface area contributed by atoms with Crippen LogP contribution in [0.3, 0.4) is 0 Å². The van der Waals surface area contributed by atoms with Crippen LogP contribution < -0.4 is 4.90 Å². The minimum atomic E-state index is 0.144. The molecule has 4 rings (SSSR count). The molecule has 2 bridgehead atoms. The van der Waals surface area contributed by atoms with Gasteiger partial charge in [0.15, 0.2) is 0 Å². The number of hydrogen-bond donors (Lipinski definition) is 0. The summed E-state index contributed by atoms with van der Waals surface area (Å²) in [6.45, 7) is 0.797. The van der Waals surface area contributed by atoms with Crippen molar-refractivity contribution < 1.29 is 4.79 Å². The van der Waals surface area contributed by atoms with E-state index in [9.17, 15) is 4.79 Å². The highest BCUT2D eigenvalue weighted by molar-refractivity contribution is 7.99.